The van der Waals surface area contributed by atoms with Gasteiger partial charge in [0.2, 0.25) is 5.89 Å². The molecule has 0 aliphatic carbocycles. The molecule has 7 nitrogen and oxygen atoms in total. The molecule has 0 spiro atoms. The van der Waals surface area contributed by atoms with Crippen LogP contribution in [0, 0.1) is 12.8 Å². The second-order valence-electron chi connectivity index (χ2n) is 8.72. The number of rotatable bonds is 10. The number of amides is 1. The van der Waals surface area contributed by atoms with Gasteiger partial charge in [-0.2, -0.15) is 0 Å². The van der Waals surface area contributed by atoms with Crippen LogP contribution in [0.25, 0.3) is 0 Å². The van der Waals surface area contributed by atoms with Gasteiger partial charge in [0.1, 0.15) is 6.26 Å². The summed E-state index contributed by atoms with van der Waals surface area (Å²) in [6.07, 6.45) is 1.46. The number of carbonyl (C=O) groups is 1. The van der Waals surface area contributed by atoms with E-state index in [0.29, 0.717) is 36.6 Å². The number of hydrogen-bond donors (Lipinski definition) is 1. The molecule has 1 atom stereocenters. The monoisotopic (exact) mass is 428 g/mol. The second-order valence-corrected chi connectivity index (χ2v) is 8.72. The van der Waals surface area contributed by atoms with Crippen LogP contribution in [0.15, 0.2) is 34.9 Å². The zero-order chi connectivity index (χ0) is 22.2. The molecule has 1 fully saturated rings. The molecule has 1 saturated heterocycles. The predicted octanol–water partition coefficient (Wildman–Crippen LogP) is 3.09. The molecule has 1 aliphatic heterocycles. The number of aryl methyl sites for hydroxylation is 1. The van der Waals surface area contributed by atoms with E-state index in [9.17, 15) is 4.79 Å². The van der Waals surface area contributed by atoms with Gasteiger partial charge in [-0.3, -0.25) is 14.6 Å². The van der Waals surface area contributed by atoms with Gasteiger partial charge in [-0.25, -0.2) is 4.98 Å². The van der Waals surface area contributed by atoms with Gasteiger partial charge in [0, 0.05) is 38.8 Å². The van der Waals surface area contributed by atoms with E-state index < -0.39 is 0 Å². The van der Waals surface area contributed by atoms with Gasteiger partial charge in [-0.1, -0.05) is 43.7 Å². The largest absolute Gasteiger partial charge is 0.447 e. The molecule has 2 heterocycles. The third-order valence-corrected chi connectivity index (χ3v) is 5.95. The number of ether oxygens (including phenoxy) is 1. The van der Waals surface area contributed by atoms with Crippen molar-refractivity contribution in [2.24, 2.45) is 5.92 Å². The third-order valence-electron chi connectivity index (χ3n) is 5.95. The Bertz CT molecular complexity index is 830. The summed E-state index contributed by atoms with van der Waals surface area (Å²) in [7, 11) is 0. The lowest BCUT2D eigenvalue weighted by atomic mass is 10.0. The highest BCUT2D eigenvalue weighted by atomic mass is 16.5. The SMILES string of the molecule is Cc1cccc(CN(Cc2nc(C(=O)NCCN3CCOCC3)co2)[C@H](C)C(C)C)c1. The first kappa shape index (κ1) is 23.4. The first-order valence-corrected chi connectivity index (χ1v) is 11.2. The van der Waals surface area contributed by atoms with Crippen molar-refractivity contribution >= 4 is 5.91 Å². The molecule has 1 aromatic heterocycles. The van der Waals surface area contributed by atoms with Crippen LogP contribution in [0.2, 0.25) is 0 Å². The minimum Gasteiger partial charge on any atom is -0.447 e. The van der Waals surface area contributed by atoms with Crippen molar-refractivity contribution in [3.63, 3.8) is 0 Å². The Labute approximate surface area is 185 Å². The van der Waals surface area contributed by atoms with Crippen molar-refractivity contribution < 1.29 is 13.9 Å². The molecule has 1 N–H and O–H groups in total. The maximum Gasteiger partial charge on any atom is 0.273 e. The fraction of sp³-hybridized carbons (Fsp3) is 0.583. The summed E-state index contributed by atoms with van der Waals surface area (Å²) in [5.41, 5.74) is 2.85. The molecule has 1 aromatic carbocycles. The van der Waals surface area contributed by atoms with Crippen LogP contribution < -0.4 is 5.32 Å². The van der Waals surface area contributed by atoms with Gasteiger partial charge in [0.25, 0.3) is 5.91 Å². The summed E-state index contributed by atoms with van der Waals surface area (Å²) < 4.78 is 11.0. The highest BCUT2D eigenvalue weighted by molar-refractivity contribution is 5.91. The van der Waals surface area contributed by atoms with Crippen LogP contribution in [-0.4, -0.2) is 66.1 Å². The molecule has 0 radical (unpaired) electrons. The Balaban J connectivity index is 1.57. The average Bonchev–Trinajstić information content (AvgIpc) is 3.22. The molecule has 3 rings (SSSR count). The van der Waals surface area contributed by atoms with E-state index in [-0.39, 0.29) is 5.91 Å². The van der Waals surface area contributed by atoms with Crippen molar-refractivity contribution in [3.05, 3.63) is 53.2 Å². The molecule has 2 aromatic rings. The van der Waals surface area contributed by atoms with Crippen molar-refractivity contribution in [2.75, 3.05) is 39.4 Å². The zero-order valence-electron chi connectivity index (χ0n) is 19.3. The quantitative estimate of drug-likeness (QED) is 0.627. The highest BCUT2D eigenvalue weighted by Crippen LogP contribution is 2.18. The van der Waals surface area contributed by atoms with Gasteiger partial charge in [0.05, 0.1) is 19.8 Å². The smallest absolute Gasteiger partial charge is 0.273 e. The second kappa shape index (κ2) is 11.4. The first-order chi connectivity index (χ1) is 14.9. The van der Waals surface area contributed by atoms with Crippen molar-refractivity contribution in [2.45, 2.75) is 46.8 Å². The Morgan fingerprint density at radius 3 is 2.71 bits per heavy atom. The first-order valence-electron chi connectivity index (χ1n) is 11.2. The van der Waals surface area contributed by atoms with Gasteiger partial charge < -0.3 is 14.5 Å². The number of hydrogen-bond acceptors (Lipinski definition) is 6. The van der Waals surface area contributed by atoms with E-state index in [1.807, 2.05) is 0 Å². The lowest BCUT2D eigenvalue weighted by molar-refractivity contribution is 0.0383. The molecule has 1 amide bonds. The maximum atomic E-state index is 12.5. The number of carbonyl (C=O) groups excluding carboxylic acids is 1. The lowest BCUT2D eigenvalue weighted by Gasteiger charge is -2.30. The molecule has 170 valence electrons. The van der Waals surface area contributed by atoms with E-state index in [4.69, 9.17) is 9.15 Å². The molecule has 0 saturated carbocycles. The molecule has 0 bridgehead atoms. The molecular formula is C24H36N4O3. The standard InChI is InChI=1S/C24H36N4O3/c1-18(2)20(4)28(15-21-7-5-6-19(3)14-21)16-23-26-22(17-31-23)24(29)25-8-9-27-10-12-30-13-11-27/h5-7,14,17-18,20H,8-13,15-16H2,1-4H3,(H,25,29)/t20-/m1/s1. The summed E-state index contributed by atoms with van der Waals surface area (Å²) in [5, 5.41) is 2.94. The zero-order valence-corrected chi connectivity index (χ0v) is 19.3. The van der Waals surface area contributed by atoms with Crippen LogP contribution in [-0.2, 0) is 17.8 Å². The summed E-state index contributed by atoms with van der Waals surface area (Å²) in [6.45, 7) is 14.9. The average molecular weight is 429 g/mol. The van der Waals surface area contributed by atoms with Crippen molar-refractivity contribution in [1.82, 2.24) is 20.1 Å². The maximum absolute atomic E-state index is 12.5. The number of aromatic nitrogens is 1. The molecule has 0 unspecified atom stereocenters. The van der Waals surface area contributed by atoms with Crippen LogP contribution in [0.4, 0.5) is 0 Å². The van der Waals surface area contributed by atoms with E-state index >= 15 is 0 Å². The van der Waals surface area contributed by atoms with Gasteiger partial charge in [-0.05, 0) is 25.3 Å². The number of oxazole rings is 1. The fourth-order valence-corrected chi connectivity index (χ4v) is 3.71. The lowest BCUT2D eigenvalue weighted by Crippen LogP contribution is -2.41. The van der Waals surface area contributed by atoms with Gasteiger partial charge in [0.15, 0.2) is 5.69 Å². The van der Waals surface area contributed by atoms with E-state index in [2.05, 4.69) is 72.1 Å². The van der Waals surface area contributed by atoms with Crippen LogP contribution >= 0.6 is 0 Å². The van der Waals surface area contributed by atoms with Crippen LogP contribution in [0.5, 0.6) is 0 Å². The Hall–Kier alpha value is -2.22. The summed E-state index contributed by atoms with van der Waals surface area (Å²) in [6, 6.07) is 8.91. The molecular weight excluding hydrogens is 392 g/mol. The number of morpholine rings is 1. The van der Waals surface area contributed by atoms with Crippen molar-refractivity contribution in [3.8, 4) is 0 Å². The third kappa shape index (κ3) is 7.16. The normalized spacial score (nSPS) is 16.1. The molecule has 1 aliphatic rings. The number of nitrogens with one attached hydrogen (secondary N) is 1. The van der Waals surface area contributed by atoms with E-state index in [0.717, 1.165) is 39.4 Å². The molecule has 31 heavy (non-hydrogen) atoms. The Morgan fingerprint density at radius 2 is 2.00 bits per heavy atom. The minimum atomic E-state index is -0.189. The van der Waals surface area contributed by atoms with E-state index in [1.165, 1.54) is 17.4 Å². The van der Waals surface area contributed by atoms with Gasteiger partial charge in [-0.15, -0.1) is 0 Å². The summed E-state index contributed by atoms with van der Waals surface area (Å²) in [4.78, 5) is 21.6. The topological polar surface area (TPSA) is 70.8 Å². The van der Waals surface area contributed by atoms with Crippen LogP contribution in [0.1, 0.15) is 48.3 Å². The van der Waals surface area contributed by atoms with Crippen molar-refractivity contribution in [1.29, 1.82) is 0 Å². The fourth-order valence-electron chi connectivity index (χ4n) is 3.71. The van der Waals surface area contributed by atoms with Crippen LogP contribution in [0.3, 0.4) is 0 Å². The Kier molecular flexibility index (Phi) is 8.63. The minimum absolute atomic E-state index is 0.189. The Morgan fingerprint density at radius 1 is 1.23 bits per heavy atom. The highest BCUT2D eigenvalue weighted by Gasteiger charge is 2.21. The summed E-state index contributed by atoms with van der Waals surface area (Å²) >= 11 is 0. The number of benzene rings is 1. The van der Waals surface area contributed by atoms with E-state index in [1.54, 1.807) is 0 Å². The molecule has 7 heteroatoms. The number of nitrogens with zero attached hydrogens (tertiary/aromatic N) is 3. The van der Waals surface area contributed by atoms with Gasteiger partial charge >= 0.3 is 0 Å². The summed E-state index contributed by atoms with van der Waals surface area (Å²) in [5.74, 6) is 0.867. The predicted molar refractivity (Wildman–Crippen MR) is 121 cm³/mol.